The van der Waals surface area contributed by atoms with Crippen LogP contribution >= 0.6 is 11.6 Å². The number of halogens is 1. The van der Waals surface area contributed by atoms with E-state index in [-0.39, 0.29) is 19.0 Å². The lowest BCUT2D eigenvalue weighted by Crippen LogP contribution is -2.56. The third-order valence-electron chi connectivity index (χ3n) is 7.37. The molecule has 0 radical (unpaired) electrons. The molecule has 12 nitrogen and oxygen atoms in total. The molecule has 2 aromatic carbocycles. The van der Waals surface area contributed by atoms with Crippen molar-refractivity contribution >= 4 is 29.5 Å². The SMILES string of the molecule is C[C@H](NC(=O)[C@H]1C[C@@H](c2ccc(-c3cccnc3)cc2)CCN1C(=O)O)C(=O)NCc1cc(Cl)ccc1-n1cnnn1. The molecular weight excluding hydrogens is 560 g/mol. The van der Waals surface area contributed by atoms with Gasteiger partial charge in [-0.05, 0) is 82.6 Å². The Hall–Kier alpha value is -4.84. The van der Waals surface area contributed by atoms with Gasteiger partial charge in [-0.25, -0.2) is 9.48 Å². The first-order chi connectivity index (χ1) is 20.3. The summed E-state index contributed by atoms with van der Waals surface area (Å²) in [6.45, 7) is 1.87. The number of rotatable bonds is 8. The van der Waals surface area contributed by atoms with Crippen LogP contribution in [-0.4, -0.2) is 71.7 Å². The fourth-order valence-corrected chi connectivity index (χ4v) is 5.32. The number of pyridine rings is 1. The van der Waals surface area contributed by atoms with E-state index in [4.69, 9.17) is 11.6 Å². The maximum atomic E-state index is 13.3. The van der Waals surface area contributed by atoms with E-state index in [9.17, 15) is 19.5 Å². The van der Waals surface area contributed by atoms with Gasteiger partial charge in [0.2, 0.25) is 11.8 Å². The molecule has 3 amide bonds. The minimum atomic E-state index is -1.17. The lowest BCUT2D eigenvalue weighted by molar-refractivity contribution is -0.132. The van der Waals surface area contributed by atoms with E-state index < -0.39 is 30.0 Å². The summed E-state index contributed by atoms with van der Waals surface area (Å²) < 4.78 is 1.45. The second-order valence-electron chi connectivity index (χ2n) is 10.1. The zero-order valence-electron chi connectivity index (χ0n) is 22.7. The van der Waals surface area contributed by atoms with Gasteiger partial charge >= 0.3 is 6.09 Å². The van der Waals surface area contributed by atoms with Crippen LogP contribution < -0.4 is 10.6 Å². The highest BCUT2D eigenvalue weighted by molar-refractivity contribution is 6.30. The van der Waals surface area contributed by atoms with E-state index >= 15 is 0 Å². The van der Waals surface area contributed by atoms with Crippen LogP contribution in [0.4, 0.5) is 4.79 Å². The van der Waals surface area contributed by atoms with Gasteiger partial charge < -0.3 is 15.7 Å². The fourth-order valence-electron chi connectivity index (χ4n) is 5.13. The summed E-state index contributed by atoms with van der Waals surface area (Å²) in [4.78, 5) is 43.5. The third-order valence-corrected chi connectivity index (χ3v) is 7.61. The Morgan fingerprint density at radius 1 is 1.12 bits per heavy atom. The number of carbonyl (C=O) groups excluding carboxylic acids is 2. The molecular formula is C29H29ClN8O4. The summed E-state index contributed by atoms with van der Waals surface area (Å²) in [6, 6.07) is 15.1. The zero-order valence-corrected chi connectivity index (χ0v) is 23.5. The van der Waals surface area contributed by atoms with Crippen LogP contribution in [0.1, 0.15) is 36.8 Å². The lowest BCUT2D eigenvalue weighted by Gasteiger charge is -2.37. The quantitative estimate of drug-likeness (QED) is 0.283. The number of aromatic nitrogens is 5. The van der Waals surface area contributed by atoms with E-state index in [0.29, 0.717) is 29.1 Å². The number of hydrogen-bond donors (Lipinski definition) is 3. The summed E-state index contributed by atoms with van der Waals surface area (Å²) in [6.07, 6.45) is 4.66. The third kappa shape index (κ3) is 6.55. The summed E-state index contributed by atoms with van der Waals surface area (Å²) in [7, 11) is 0. The number of nitrogens with zero attached hydrogens (tertiary/aromatic N) is 6. The molecule has 4 aromatic rings. The zero-order chi connectivity index (χ0) is 29.6. The highest BCUT2D eigenvalue weighted by Gasteiger charge is 2.37. The van der Waals surface area contributed by atoms with Gasteiger partial charge in [-0.1, -0.05) is 41.9 Å². The molecule has 1 fully saturated rings. The molecule has 1 aliphatic rings. The first kappa shape index (κ1) is 28.7. The fraction of sp³-hybridized carbons (Fsp3) is 0.276. The van der Waals surface area contributed by atoms with Crippen molar-refractivity contribution in [2.75, 3.05) is 6.54 Å². The number of carbonyl (C=O) groups is 3. The van der Waals surface area contributed by atoms with Crippen LogP contribution in [-0.2, 0) is 16.1 Å². The van der Waals surface area contributed by atoms with Crippen molar-refractivity contribution in [1.29, 1.82) is 0 Å². The van der Waals surface area contributed by atoms with E-state index in [1.165, 1.54) is 11.0 Å². The van der Waals surface area contributed by atoms with Crippen molar-refractivity contribution in [3.8, 4) is 16.8 Å². The highest BCUT2D eigenvalue weighted by Crippen LogP contribution is 2.33. The number of nitrogens with one attached hydrogen (secondary N) is 2. The smallest absolute Gasteiger partial charge is 0.407 e. The minimum Gasteiger partial charge on any atom is -0.465 e. The second kappa shape index (κ2) is 12.8. The van der Waals surface area contributed by atoms with Crippen molar-refractivity contribution in [3.05, 3.63) is 89.5 Å². The van der Waals surface area contributed by atoms with Crippen molar-refractivity contribution < 1.29 is 19.5 Å². The molecule has 0 bridgehead atoms. The highest BCUT2D eigenvalue weighted by atomic mass is 35.5. The van der Waals surface area contributed by atoms with Crippen LogP contribution in [0.2, 0.25) is 5.02 Å². The average Bonchev–Trinajstić information content (AvgIpc) is 3.55. The number of tetrazole rings is 1. The molecule has 3 heterocycles. The molecule has 3 N–H and O–H groups in total. The molecule has 0 saturated carbocycles. The van der Waals surface area contributed by atoms with Gasteiger partial charge in [0.05, 0.1) is 5.69 Å². The maximum Gasteiger partial charge on any atom is 0.407 e. The van der Waals surface area contributed by atoms with Crippen molar-refractivity contribution in [3.63, 3.8) is 0 Å². The van der Waals surface area contributed by atoms with Crippen molar-refractivity contribution in [1.82, 2.24) is 40.7 Å². The molecule has 2 aromatic heterocycles. The predicted molar refractivity (Wildman–Crippen MR) is 154 cm³/mol. The minimum absolute atomic E-state index is 0.0176. The standard InChI is InChI=1S/C29H29ClN8O4/c1-18(27(39)32-16-23-13-24(30)8-9-25(23)38-17-33-35-36-38)34-28(40)26-14-21(10-12-37(26)29(41)42)19-4-6-20(7-5-19)22-3-2-11-31-15-22/h2-9,11,13,15,17-18,21,26H,10,12,14,16H2,1H3,(H,32,39)(H,34,40)(H,41,42)/t18-,21-,26+/m0/s1. The first-order valence-corrected chi connectivity index (χ1v) is 13.8. The van der Waals surface area contributed by atoms with Gasteiger partial charge in [-0.3, -0.25) is 19.5 Å². The lowest BCUT2D eigenvalue weighted by atomic mass is 9.84. The molecule has 1 aliphatic heterocycles. The van der Waals surface area contributed by atoms with Crippen LogP contribution in [0.25, 0.3) is 16.8 Å². The number of hydrogen-bond acceptors (Lipinski definition) is 7. The number of likely N-dealkylation sites (tertiary alicyclic amines) is 1. The Kier molecular flexibility index (Phi) is 8.72. The largest absolute Gasteiger partial charge is 0.465 e. The number of piperidine rings is 1. The summed E-state index contributed by atoms with van der Waals surface area (Å²) >= 11 is 6.16. The van der Waals surface area contributed by atoms with E-state index in [1.807, 2.05) is 36.4 Å². The van der Waals surface area contributed by atoms with Crippen LogP contribution in [0.5, 0.6) is 0 Å². The number of carboxylic acid groups (broad SMARTS) is 1. The van der Waals surface area contributed by atoms with Crippen molar-refractivity contribution in [2.45, 2.75) is 44.3 Å². The predicted octanol–water partition coefficient (Wildman–Crippen LogP) is 3.42. The molecule has 216 valence electrons. The van der Waals surface area contributed by atoms with Gasteiger partial charge in [0.25, 0.3) is 0 Å². The summed E-state index contributed by atoms with van der Waals surface area (Å²) in [5.41, 5.74) is 4.35. The summed E-state index contributed by atoms with van der Waals surface area (Å²) in [5, 5.41) is 26.9. The molecule has 3 atom stereocenters. The number of amides is 3. The maximum absolute atomic E-state index is 13.3. The molecule has 13 heteroatoms. The van der Waals surface area contributed by atoms with Gasteiger partial charge in [-0.2, -0.15) is 0 Å². The van der Waals surface area contributed by atoms with Gasteiger partial charge in [-0.15, -0.1) is 5.10 Å². The molecule has 42 heavy (non-hydrogen) atoms. The van der Waals surface area contributed by atoms with Crippen LogP contribution in [0, 0.1) is 0 Å². The molecule has 5 rings (SSSR count). The summed E-state index contributed by atoms with van der Waals surface area (Å²) in [5.74, 6) is -0.976. The molecule has 0 aliphatic carbocycles. The van der Waals surface area contributed by atoms with Gasteiger partial charge in [0.1, 0.15) is 18.4 Å². The normalized spacial score (nSPS) is 17.3. The average molecular weight is 589 g/mol. The van der Waals surface area contributed by atoms with E-state index in [2.05, 4.69) is 31.1 Å². The van der Waals surface area contributed by atoms with E-state index in [0.717, 1.165) is 21.6 Å². The Morgan fingerprint density at radius 2 is 1.93 bits per heavy atom. The Morgan fingerprint density at radius 3 is 2.62 bits per heavy atom. The van der Waals surface area contributed by atoms with Crippen LogP contribution in [0.15, 0.2) is 73.3 Å². The van der Waals surface area contributed by atoms with Crippen LogP contribution in [0.3, 0.4) is 0 Å². The molecule has 0 spiro atoms. The Balaban J connectivity index is 1.23. The van der Waals surface area contributed by atoms with Gasteiger partial charge in [0, 0.05) is 30.5 Å². The Labute approximate surface area is 246 Å². The molecule has 0 unspecified atom stereocenters. The number of benzene rings is 2. The van der Waals surface area contributed by atoms with E-state index in [1.54, 1.807) is 37.5 Å². The first-order valence-electron chi connectivity index (χ1n) is 13.4. The molecule has 1 saturated heterocycles. The van der Waals surface area contributed by atoms with Gasteiger partial charge in [0.15, 0.2) is 0 Å². The second-order valence-corrected chi connectivity index (χ2v) is 10.5. The topological polar surface area (TPSA) is 155 Å². The Bertz CT molecular complexity index is 1550. The monoisotopic (exact) mass is 588 g/mol. The van der Waals surface area contributed by atoms with Crippen molar-refractivity contribution in [2.24, 2.45) is 0 Å².